The van der Waals surface area contributed by atoms with Crippen LogP contribution in [-0.2, 0) is 4.74 Å². The minimum absolute atomic E-state index is 0.170. The molecule has 1 saturated heterocycles. The fraction of sp³-hybridized carbons (Fsp3) is 0.250. The monoisotopic (exact) mass is 355 g/mol. The molecule has 2 aromatic carbocycles. The summed E-state index contributed by atoms with van der Waals surface area (Å²) in [6.45, 7) is 0.820. The summed E-state index contributed by atoms with van der Waals surface area (Å²) in [6.07, 6.45) is 5.05. The molecule has 0 unspecified atom stereocenters. The molecule has 4 rings (SSSR count). The molecule has 1 aliphatic rings. The molecule has 0 saturated carbocycles. The molecule has 0 amide bonds. The molecule has 1 atom stereocenters. The lowest BCUT2D eigenvalue weighted by molar-refractivity contribution is 0.0149. The van der Waals surface area contributed by atoms with E-state index in [2.05, 4.69) is 17.1 Å². The molecule has 1 aromatic heterocycles. The molecular weight excluding hydrogens is 338 g/mol. The Morgan fingerprint density at radius 3 is 2.68 bits per heavy atom. The van der Waals surface area contributed by atoms with Gasteiger partial charge in [-0.3, -0.25) is 0 Å². The van der Waals surface area contributed by atoms with Gasteiger partial charge in [0, 0.05) is 29.3 Å². The van der Waals surface area contributed by atoms with Crippen molar-refractivity contribution in [2.45, 2.75) is 25.4 Å². The second-order valence-corrected chi connectivity index (χ2v) is 6.77. The molecule has 1 aliphatic heterocycles. The van der Waals surface area contributed by atoms with E-state index >= 15 is 0 Å². The van der Waals surface area contributed by atoms with Gasteiger partial charge in [0.25, 0.3) is 0 Å². The SMILES string of the molecule is O=C(O)c1c[nH]c2cc(Cl)c(-c3ccc([C@H]4CCCCO4)cc3)cc12. The van der Waals surface area contributed by atoms with Gasteiger partial charge in [-0.1, -0.05) is 35.9 Å². The van der Waals surface area contributed by atoms with E-state index in [9.17, 15) is 9.90 Å². The number of fused-ring (bicyclic) bond motifs is 1. The number of benzene rings is 2. The van der Waals surface area contributed by atoms with Crippen molar-refractivity contribution in [1.82, 2.24) is 4.98 Å². The van der Waals surface area contributed by atoms with Gasteiger partial charge in [-0.05, 0) is 42.5 Å². The average molecular weight is 356 g/mol. The lowest BCUT2D eigenvalue weighted by Crippen LogP contribution is -2.11. The average Bonchev–Trinajstić information content (AvgIpc) is 3.05. The molecule has 0 aliphatic carbocycles. The van der Waals surface area contributed by atoms with E-state index in [0.717, 1.165) is 36.1 Å². The summed E-state index contributed by atoms with van der Waals surface area (Å²) in [5.41, 5.74) is 3.93. The Kier molecular flexibility index (Phi) is 4.24. The molecule has 0 bridgehead atoms. The van der Waals surface area contributed by atoms with Gasteiger partial charge in [0.1, 0.15) is 0 Å². The van der Waals surface area contributed by atoms with Gasteiger partial charge in [-0.15, -0.1) is 0 Å². The van der Waals surface area contributed by atoms with Crippen LogP contribution >= 0.6 is 11.6 Å². The quantitative estimate of drug-likeness (QED) is 0.658. The normalized spacial score (nSPS) is 17.7. The third-order valence-corrected chi connectivity index (χ3v) is 5.09. The van der Waals surface area contributed by atoms with Gasteiger partial charge in [0.15, 0.2) is 0 Å². The fourth-order valence-corrected chi connectivity index (χ4v) is 3.70. The molecule has 0 radical (unpaired) electrons. The molecule has 3 aromatic rings. The number of carboxylic acid groups (broad SMARTS) is 1. The first-order valence-electron chi connectivity index (χ1n) is 8.39. The lowest BCUT2D eigenvalue weighted by atomic mass is 9.97. The van der Waals surface area contributed by atoms with Gasteiger partial charge in [-0.25, -0.2) is 4.79 Å². The van der Waals surface area contributed by atoms with Crippen LogP contribution in [0.1, 0.15) is 41.3 Å². The van der Waals surface area contributed by atoms with Crippen LogP contribution in [0.15, 0.2) is 42.6 Å². The highest BCUT2D eigenvalue weighted by atomic mass is 35.5. The highest BCUT2D eigenvalue weighted by Crippen LogP contribution is 2.35. The van der Waals surface area contributed by atoms with Crippen LogP contribution in [0.2, 0.25) is 5.02 Å². The van der Waals surface area contributed by atoms with Crippen molar-refractivity contribution < 1.29 is 14.6 Å². The molecule has 4 nitrogen and oxygen atoms in total. The zero-order valence-electron chi connectivity index (χ0n) is 13.6. The Morgan fingerprint density at radius 2 is 2.00 bits per heavy atom. The van der Waals surface area contributed by atoms with Crippen LogP contribution in [0, 0.1) is 0 Å². The van der Waals surface area contributed by atoms with Gasteiger partial charge in [0.05, 0.1) is 16.7 Å². The van der Waals surface area contributed by atoms with Crippen molar-refractivity contribution in [2.75, 3.05) is 6.61 Å². The molecule has 2 heterocycles. The van der Waals surface area contributed by atoms with Gasteiger partial charge in [-0.2, -0.15) is 0 Å². The number of aromatic carboxylic acids is 1. The summed E-state index contributed by atoms with van der Waals surface area (Å²) in [5, 5.41) is 10.6. The smallest absolute Gasteiger partial charge is 0.337 e. The number of ether oxygens (including phenoxy) is 1. The predicted octanol–water partition coefficient (Wildman–Crippen LogP) is 5.43. The van der Waals surface area contributed by atoms with Crippen molar-refractivity contribution in [3.8, 4) is 11.1 Å². The van der Waals surface area contributed by atoms with E-state index in [1.54, 1.807) is 6.07 Å². The number of nitrogens with one attached hydrogen (secondary N) is 1. The zero-order chi connectivity index (χ0) is 17.4. The summed E-state index contributed by atoms with van der Waals surface area (Å²) in [7, 11) is 0. The van der Waals surface area contributed by atoms with Crippen LogP contribution in [0.5, 0.6) is 0 Å². The van der Waals surface area contributed by atoms with E-state index in [1.807, 2.05) is 18.2 Å². The van der Waals surface area contributed by atoms with Crippen LogP contribution in [0.3, 0.4) is 0 Å². The highest BCUT2D eigenvalue weighted by molar-refractivity contribution is 6.34. The third kappa shape index (κ3) is 3.03. The summed E-state index contributed by atoms with van der Waals surface area (Å²) >= 11 is 6.42. The van der Waals surface area contributed by atoms with Crippen molar-refractivity contribution >= 4 is 28.5 Å². The van der Waals surface area contributed by atoms with E-state index < -0.39 is 5.97 Å². The molecular formula is C20H18ClNO3. The predicted molar refractivity (Wildman–Crippen MR) is 98.2 cm³/mol. The number of aromatic amines is 1. The third-order valence-electron chi connectivity index (χ3n) is 4.77. The maximum absolute atomic E-state index is 11.4. The topological polar surface area (TPSA) is 62.3 Å². The standard InChI is InChI=1S/C20H18ClNO3/c21-17-10-18-15(16(11-22-18)20(23)24)9-14(17)12-4-6-13(7-5-12)19-3-1-2-8-25-19/h4-7,9-11,19,22H,1-3,8H2,(H,23,24)/t19-/m1/s1. The van der Waals surface area contributed by atoms with E-state index in [0.29, 0.717) is 10.4 Å². The number of H-pyrrole nitrogens is 1. The minimum Gasteiger partial charge on any atom is -0.478 e. The van der Waals surface area contributed by atoms with Crippen LogP contribution in [0.4, 0.5) is 0 Å². The lowest BCUT2D eigenvalue weighted by Gasteiger charge is -2.23. The fourth-order valence-electron chi connectivity index (χ4n) is 3.42. The summed E-state index contributed by atoms with van der Waals surface area (Å²) in [6, 6.07) is 11.8. The Bertz CT molecular complexity index is 924. The highest BCUT2D eigenvalue weighted by Gasteiger charge is 2.17. The summed E-state index contributed by atoms with van der Waals surface area (Å²) < 4.78 is 5.83. The Hall–Kier alpha value is -2.30. The molecule has 5 heteroatoms. The maximum atomic E-state index is 11.4. The number of halogens is 1. The molecule has 25 heavy (non-hydrogen) atoms. The number of hydrogen-bond acceptors (Lipinski definition) is 2. The Labute approximate surface area is 150 Å². The van der Waals surface area contributed by atoms with Gasteiger partial charge >= 0.3 is 5.97 Å². The molecule has 2 N–H and O–H groups in total. The van der Waals surface area contributed by atoms with E-state index in [-0.39, 0.29) is 11.7 Å². The van der Waals surface area contributed by atoms with Crippen molar-refractivity contribution in [3.63, 3.8) is 0 Å². The molecule has 128 valence electrons. The van der Waals surface area contributed by atoms with Crippen LogP contribution in [-0.4, -0.2) is 22.7 Å². The van der Waals surface area contributed by atoms with E-state index in [4.69, 9.17) is 16.3 Å². The minimum atomic E-state index is -0.954. The maximum Gasteiger partial charge on any atom is 0.337 e. The first-order valence-corrected chi connectivity index (χ1v) is 8.77. The number of carbonyl (C=O) groups is 1. The van der Waals surface area contributed by atoms with Gasteiger partial charge in [0.2, 0.25) is 0 Å². The second kappa shape index (κ2) is 6.54. The summed E-state index contributed by atoms with van der Waals surface area (Å²) in [5.74, 6) is -0.954. The van der Waals surface area contributed by atoms with Crippen LogP contribution < -0.4 is 0 Å². The van der Waals surface area contributed by atoms with Crippen molar-refractivity contribution in [3.05, 3.63) is 58.7 Å². The Balaban J connectivity index is 1.72. The van der Waals surface area contributed by atoms with Crippen molar-refractivity contribution in [2.24, 2.45) is 0 Å². The number of rotatable bonds is 3. The first kappa shape index (κ1) is 16.2. The number of carboxylic acids is 1. The number of hydrogen-bond donors (Lipinski definition) is 2. The second-order valence-electron chi connectivity index (χ2n) is 6.36. The van der Waals surface area contributed by atoms with Crippen molar-refractivity contribution in [1.29, 1.82) is 0 Å². The Morgan fingerprint density at radius 1 is 1.20 bits per heavy atom. The molecule has 1 fully saturated rings. The van der Waals surface area contributed by atoms with Crippen LogP contribution in [0.25, 0.3) is 22.0 Å². The molecule has 0 spiro atoms. The summed E-state index contributed by atoms with van der Waals surface area (Å²) in [4.78, 5) is 14.3. The van der Waals surface area contributed by atoms with E-state index in [1.165, 1.54) is 18.2 Å². The largest absolute Gasteiger partial charge is 0.478 e. The number of aromatic nitrogens is 1. The van der Waals surface area contributed by atoms with Gasteiger partial charge < -0.3 is 14.8 Å². The first-order chi connectivity index (χ1) is 12.1. The zero-order valence-corrected chi connectivity index (χ0v) is 14.3.